The molecule has 0 aromatic heterocycles. The smallest absolute Gasteiger partial charge is 0.266 e. The van der Waals surface area contributed by atoms with Gasteiger partial charge in [0.2, 0.25) is 0 Å². The minimum atomic E-state index is -0.129. The van der Waals surface area contributed by atoms with Gasteiger partial charge in [-0.05, 0) is 42.2 Å². The Kier molecular flexibility index (Phi) is 9.19. The summed E-state index contributed by atoms with van der Waals surface area (Å²) >= 11 is 6.62. The number of amides is 1. The second-order valence-electron chi connectivity index (χ2n) is 8.21. The average molecular weight is 498 g/mol. The van der Waals surface area contributed by atoms with Crippen molar-refractivity contribution in [1.29, 1.82) is 0 Å². The Bertz CT molecular complexity index is 1090. The Morgan fingerprint density at radius 2 is 1.91 bits per heavy atom. The zero-order valence-electron chi connectivity index (χ0n) is 20.1. The van der Waals surface area contributed by atoms with Crippen molar-refractivity contribution < 1.29 is 19.0 Å². The molecule has 3 rings (SSSR count). The maximum absolute atomic E-state index is 12.7. The number of carbonyl (C=O) groups is 1. The highest BCUT2D eigenvalue weighted by Gasteiger charge is 2.31. The molecule has 2 aromatic carbocycles. The van der Waals surface area contributed by atoms with Crippen LogP contribution in [0.2, 0.25) is 0 Å². The molecule has 1 heterocycles. The highest BCUT2D eigenvalue weighted by molar-refractivity contribution is 8.26. The molecule has 0 spiro atoms. The number of hydrogen-bond acceptors (Lipinski definition) is 6. The molecule has 1 aliphatic rings. The van der Waals surface area contributed by atoms with Crippen molar-refractivity contribution in [3.63, 3.8) is 0 Å². The standard InChI is InChI=1S/C27H31NO4S2/c1-6-13-28-26(29)24(34-27(28)33)17-20-9-7-10-22(30-5)25(20)32-15-8-14-31-23-16-19(4)11-12-21(23)18(2)3/h6-7,9-12,16-18H,1,8,13-15H2,2-5H3/b24-17-. The maximum atomic E-state index is 12.7. The number of thiocarbonyl (C=S) groups is 1. The van der Waals surface area contributed by atoms with E-state index in [9.17, 15) is 4.79 Å². The second-order valence-corrected chi connectivity index (χ2v) is 9.88. The lowest BCUT2D eigenvalue weighted by Gasteiger charge is -2.16. The quantitative estimate of drug-likeness (QED) is 0.156. The van der Waals surface area contributed by atoms with Crippen LogP contribution in [0.1, 0.15) is 42.9 Å². The van der Waals surface area contributed by atoms with Crippen LogP contribution < -0.4 is 14.2 Å². The summed E-state index contributed by atoms with van der Waals surface area (Å²) in [5, 5.41) is 0. The number of benzene rings is 2. The van der Waals surface area contributed by atoms with Crippen LogP contribution in [0.25, 0.3) is 6.08 Å². The van der Waals surface area contributed by atoms with Crippen molar-refractivity contribution in [1.82, 2.24) is 4.90 Å². The number of carbonyl (C=O) groups excluding carboxylic acids is 1. The fraction of sp³-hybridized carbons (Fsp3) is 0.333. The second kappa shape index (κ2) is 12.1. The molecule has 0 N–H and O–H groups in total. The summed E-state index contributed by atoms with van der Waals surface area (Å²) in [4.78, 5) is 14.8. The van der Waals surface area contributed by atoms with Gasteiger partial charge in [-0.15, -0.1) is 6.58 Å². The topological polar surface area (TPSA) is 48.0 Å². The zero-order chi connectivity index (χ0) is 24.7. The first-order valence-corrected chi connectivity index (χ1v) is 12.5. The van der Waals surface area contributed by atoms with E-state index >= 15 is 0 Å². The van der Waals surface area contributed by atoms with Crippen LogP contribution in [-0.2, 0) is 4.79 Å². The van der Waals surface area contributed by atoms with Crippen molar-refractivity contribution in [3.05, 3.63) is 70.6 Å². The molecule has 0 atom stereocenters. The first-order chi connectivity index (χ1) is 16.3. The van der Waals surface area contributed by atoms with Crippen LogP contribution in [0.3, 0.4) is 0 Å². The number of methoxy groups -OCH3 is 1. The third-order valence-electron chi connectivity index (χ3n) is 5.28. The minimum Gasteiger partial charge on any atom is -0.493 e. The lowest BCUT2D eigenvalue weighted by atomic mass is 10.0. The van der Waals surface area contributed by atoms with E-state index < -0.39 is 0 Å². The third kappa shape index (κ3) is 6.21. The van der Waals surface area contributed by atoms with Crippen molar-refractivity contribution >= 4 is 40.3 Å². The monoisotopic (exact) mass is 497 g/mol. The van der Waals surface area contributed by atoms with Gasteiger partial charge in [-0.1, -0.05) is 68.2 Å². The summed E-state index contributed by atoms with van der Waals surface area (Å²) < 4.78 is 18.2. The number of nitrogens with zero attached hydrogens (tertiary/aromatic N) is 1. The molecular formula is C27H31NO4S2. The molecule has 180 valence electrons. The number of aryl methyl sites for hydroxylation is 1. The number of rotatable bonds is 11. The van der Waals surface area contributed by atoms with Crippen LogP contribution in [0, 0.1) is 6.92 Å². The van der Waals surface area contributed by atoms with Crippen molar-refractivity contribution in [2.45, 2.75) is 33.1 Å². The Morgan fingerprint density at radius 3 is 2.62 bits per heavy atom. The van der Waals surface area contributed by atoms with Gasteiger partial charge < -0.3 is 14.2 Å². The van der Waals surface area contributed by atoms with Crippen LogP contribution in [0.15, 0.2) is 54.0 Å². The van der Waals surface area contributed by atoms with E-state index in [4.69, 9.17) is 26.4 Å². The van der Waals surface area contributed by atoms with E-state index in [1.54, 1.807) is 19.3 Å². The van der Waals surface area contributed by atoms with Crippen LogP contribution in [0.4, 0.5) is 0 Å². The third-order valence-corrected chi connectivity index (χ3v) is 6.66. The molecule has 0 unspecified atom stereocenters. The SMILES string of the molecule is C=CCN1C(=O)/C(=C/c2cccc(OC)c2OCCCOc2cc(C)ccc2C(C)C)SC1=S. The molecule has 0 saturated carbocycles. The van der Waals surface area contributed by atoms with E-state index in [0.29, 0.717) is 52.8 Å². The van der Waals surface area contributed by atoms with Crippen molar-refractivity contribution in [2.24, 2.45) is 0 Å². The fourth-order valence-corrected chi connectivity index (χ4v) is 4.81. The minimum absolute atomic E-state index is 0.129. The molecule has 34 heavy (non-hydrogen) atoms. The summed E-state index contributed by atoms with van der Waals surface area (Å²) in [5.41, 5.74) is 3.14. The first kappa shape index (κ1) is 25.8. The van der Waals surface area contributed by atoms with Gasteiger partial charge in [-0.3, -0.25) is 9.69 Å². The highest BCUT2D eigenvalue weighted by atomic mass is 32.2. The average Bonchev–Trinajstić information content (AvgIpc) is 3.07. The van der Waals surface area contributed by atoms with E-state index in [2.05, 4.69) is 45.5 Å². The van der Waals surface area contributed by atoms with Gasteiger partial charge >= 0.3 is 0 Å². The Labute approximate surface area is 211 Å². The lowest BCUT2D eigenvalue weighted by molar-refractivity contribution is -0.121. The first-order valence-electron chi connectivity index (χ1n) is 11.2. The Morgan fingerprint density at radius 1 is 1.15 bits per heavy atom. The lowest BCUT2D eigenvalue weighted by Crippen LogP contribution is -2.27. The van der Waals surface area contributed by atoms with Crippen LogP contribution >= 0.6 is 24.0 Å². The summed E-state index contributed by atoms with van der Waals surface area (Å²) in [5.74, 6) is 2.39. The molecule has 1 amide bonds. The van der Waals surface area contributed by atoms with E-state index in [0.717, 1.165) is 11.3 Å². The number of para-hydroxylation sites is 1. The van der Waals surface area contributed by atoms with Crippen LogP contribution in [0.5, 0.6) is 17.2 Å². The molecule has 0 bridgehead atoms. The number of ether oxygens (including phenoxy) is 3. The molecule has 2 aromatic rings. The predicted molar refractivity (Wildman–Crippen MR) is 144 cm³/mol. The van der Waals surface area contributed by atoms with Gasteiger partial charge in [0.25, 0.3) is 5.91 Å². The molecule has 0 aliphatic carbocycles. The molecule has 1 saturated heterocycles. The number of thioether (sulfide) groups is 1. The maximum Gasteiger partial charge on any atom is 0.266 e. The summed E-state index contributed by atoms with van der Waals surface area (Å²) in [6, 6.07) is 11.9. The Balaban J connectivity index is 1.68. The number of hydrogen-bond donors (Lipinski definition) is 0. The van der Waals surface area contributed by atoms with E-state index in [-0.39, 0.29) is 5.91 Å². The van der Waals surface area contributed by atoms with Crippen molar-refractivity contribution in [3.8, 4) is 17.2 Å². The summed E-state index contributed by atoms with van der Waals surface area (Å²) in [6.45, 7) is 11.5. The molecule has 1 aliphatic heterocycles. The fourth-order valence-electron chi connectivity index (χ4n) is 3.55. The largest absolute Gasteiger partial charge is 0.493 e. The molecule has 7 heteroatoms. The van der Waals surface area contributed by atoms with Crippen molar-refractivity contribution in [2.75, 3.05) is 26.9 Å². The van der Waals surface area contributed by atoms with Gasteiger partial charge in [0, 0.05) is 18.5 Å². The highest BCUT2D eigenvalue weighted by Crippen LogP contribution is 2.37. The molecule has 5 nitrogen and oxygen atoms in total. The van der Waals surface area contributed by atoms with E-state index in [1.165, 1.54) is 27.8 Å². The molecule has 1 fully saturated rings. The van der Waals surface area contributed by atoms with E-state index in [1.807, 2.05) is 18.2 Å². The normalized spacial score (nSPS) is 14.7. The Hall–Kier alpha value is -2.77. The van der Waals surface area contributed by atoms with Gasteiger partial charge in [0.05, 0.1) is 25.2 Å². The molecule has 0 radical (unpaired) electrons. The molecular weight excluding hydrogens is 466 g/mol. The van der Waals surface area contributed by atoms with Gasteiger partial charge in [-0.2, -0.15) is 0 Å². The van der Waals surface area contributed by atoms with Gasteiger partial charge in [-0.25, -0.2) is 0 Å². The van der Waals surface area contributed by atoms with Gasteiger partial charge in [0.15, 0.2) is 11.5 Å². The van der Waals surface area contributed by atoms with Gasteiger partial charge in [0.1, 0.15) is 10.1 Å². The zero-order valence-corrected chi connectivity index (χ0v) is 21.8. The van der Waals surface area contributed by atoms with Crippen LogP contribution in [-0.4, -0.2) is 42.0 Å². The predicted octanol–water partition coefficient (Wildman–Crippen LogP) is 6.36. The summed E-state index contributed by atoms with van der Waals surface area (Å²) in [6.07, 6.45) is 4.17. The summed E-state index contributed by atoms with van der Waals surface area (Å²) in [7, 11) is 1.60.